The van der Waals surface area contributed by atoms with Gasteiger partial charge in [0.25, 0.3) is 0 Å². The van der Waals surface area contributed by atoms with Gasteiger partial charge in [0.15, 0.2) is 0 Å². The number of likely N-dealkylation sites (N-methyl/N-ethyl adjacent to an activating group) is 1. The molecule has 0 aromatic heterocycles. The number of amides is 2. The van der Waals surface area contributed by atoms with Crippen LogP contribution in [0.15, 0.2) is 40.9 Å². The first-order valence-electron chi connectivity index (χ1n) is 10.1. The molecule has 0 bridgehead atoms. The van der Waals surface area contributed by atoms with Crippen molar-refractivity contribution < 1.29 is 18.0 Å². The first-order valence-corrected chi connectivity index (χ1v) is 13.5. The first-order chi connectivity index (χ1) is 15.3. The van der Waals surface area contributed by atoms with E-state index in [0.717, 1.165) is 20.6 Å². The van der Waals surface area contributed by atoms with E-state index in [4.69, 9.17) is 23.2 Å². The van der Waals surface area contributed by atoms with E-state index in [1.54, 1.807) is 50.2 Å². The summed E-state index contributed by atoms with van der Waals surface area (Å²) < 4.78 is 27.0. The molecule has 2 aromatic rings. The van der Waals surface area contributed by atoms with Crippen LogP contribution >= 0.6 is 39.1 Å². The number of rotatable bonds is 9. The maximum atomic E-state index is 13.4. The number of anilines is 1. The Kier molecular flexibility index (Phi) is 9.60. The SMILES string of the molecule is CCNC(=O)[C@H](C)N(Cc1ccc(Cl)cc1Cl)C(=O)CN(c1ccc(Br)c(C)c1)S(C)(=O)=O. The van der Waals surface area contributed by atoms with E-state index in [9.17, 15) is 18.0 Å². The molecule has 1 N–H and O–H groups in total. The fourth-order valence-corrected chi connectivity index (χ4v) is 4.69. The van der Waals surface area contributed by atoms with Gasteiger partial charge in [0.2, 0.25) is 21.8 Å². The molecule has 0 aliphatic rings. The van der Waals surface area contributed by atoms with Crippen molar-refractivity contribution in [3.05, 3.63) is 62.0 Å². The van der Waals surface area contributed by atoms with Gasteiger partial charge in [0.05, 0.1) is 11.9 Å². The minimum Gasteiger partial charge on any atom is -0.355 e. The van der Waals surface area contributed by atoms with Gasteiger partial charge in [-0.05, 0) is 62.2 Å². The van der Waals surface area contributed by atoms with Crippen LogP contribution in [-0.4, -0.2) is 50.5 Å². The third-order valence-electron chi connectivity index (χ3n) is 4.98. The van der Waals surface area contributed by atoms with Crippen molar-refractivity contribution in [3.63, 3.8) is 0 Å². The summed E-state index contributed by atoms with van der Waals surface area (Å²) in [6.45, 7) is 5.09. The van der Waals surface area contributed by atoms with Gasteiger partial charge in [-0.3, -0.25) is 13.9 Å². The van der Waals surface area contributed by atoms with Crippen molar-refractivity contribution in [2.24, 2.45) is 0 Å². The molecule has 0 saturated carbocycles. The van der Waals surface area contributed by atoms with Gasteiger partial charge in [-0.1, -0.05) is 45.2 Å². The fraction of sp³-hybridized carbons (Fsp3) is 0.364. The Bertz CT molecular complexity index is 1140. The Morgan fingerprint density at radius 3 is 2.36 bits per heavy atom. The van der Waals surface area contributed by atoms with Gasteiger partial charge in [-0.15, -0.1) is 0 Å². The van der Waals surface area contributed by atoms with Crippen LogP contribution in [0, 0.1) is 6.92 Å². The molecule has 180 valence electrons. The van der Waals surface area contributed by atoms with E-state index >= 15 is 0 Å². The third-order valence-corrected chi connectivity index (χ3v) is 7.60. The largest absolute Gasteiger partial charge is 0.355 e. The van der Waals surface area contributed by atoms with Crippen molar-refractivity contribution in [3.8, 4) is 0 Å². The molecular formula is C22H26BrCl2N3O4S. The van der Waals surface area contributed by atoms with Crippen molar-refractivity contribution in [2.45, 2.75) is 33.4 Å². The zero-order valence-electron chi connectivity index (χ0n) is 18.7. The van der Waals surface area contributed by atoms with Gasteiger partial charge in [0, 0.05) is 27.6 Å². The van der Waals surface area contributed by atoms with Gasteiger partial charge in [-0.25, -0.2) is 8.42 Å². The second-order valence-corrected chi connectivity index (χ2v) is 11.1. The second kappa shape index (κ2) is 11.6. The van der Waals surface area contributed by atoms with E-state index < -0.39 is 28.5 Å². The molecule has 33 heavy (non-hydrogen) atoms. The lowest BCUT2D eigenvalue weighted by atomic mass is 10.1. The van der Waals surface area contributed by atoms with Gasteiger partial charge in [-0.2, -0.15) is 0 Å². The van der Waals surface area contributed by atoms with Gasteiger partial charge >= 0.3 is 0 Å². The molecule has 0 heterocycles. The molecule has 0 saturated heterocycles. The Labute approximate surface area is 213 Å². The summed E-state index contributed by atoms with van der Waals surface area (Å²) in [5, 5.41) is 3.47. The number of carbonyl (C=O) groups excluding carboxylic acids is 2. The minimum absolute atomic E-state index is 0.00407. The highest BCUT2D eigenvalue weighted by molar-refractivity contribution is 9.10. The van der Waals surface area contributed by atoms with Crippen LogP contribution in [0.1, 0.15) is 25.0 Å². The average molecular weight is 579 g/mol. The maximum Gasteiger partial charge on any atom is 0.244 e. The molecule has 7 nitrogen and oxygen atoms in total. The number of halogens is 3. The topological polar surface area (TPSA) is 86.8 Å². The maximum absolute atomic E-state index is 13.4. The van der Waals surface area contributed by atoms with Crippen LogP contribution in [0.5, 0.6) is 0 Å². The quantitative estimate of drug-likeness (QED) is 0.478. The smallest absolute Gasteiger partial charge is 0.244 e. The number of hydrogen-bond donors (Lipinski definition) is 1. The lowest BCUT2D eigenvalue weighted by molar-refractivity contribution is -0.139. The number of carbonyl (C=O) groups is 2. The molecular weight excluding hydrogens is 553 g/mol. The van der Waals surface area contributed by atoms with Crippen LogP contribution < -0.4 is 9.62 Å². The Balaban J connectivity index is 2.43. The molecule has 2 rings (SSSR count). The highest BCUT2D eigenvalue weighted by atomic mass is 79.9. The Hall–Kier alpha value is -1.81. The number of nitrogens with one attached hydrogen (secondary N) is 1. The second-order valence-electron chi connectivity index (χ2n) is 7.53. The van der Waals surface area contributed by atoms with E-state index in [0.29, 0.717) is 27.8 Å². The van der Waals surface area contributed by atoms with Crippen LogP contribution in [-0.2, 0) is 26.2 Å². The zero-order chi connectivity index (χ0) is 24.9. The molecule has 11 heteroatoms. The van der Waals surface area contributed by atoms with Gasteiger partial charge in [0.1, 0.15) is 12.6 Å². The summed E-state index contributed by atoms with van der Waals surface area (Å²) >= 11 is 15.7. The molecule has 0 aliphatic heterocycles. The predicted octanol–water partition coefficient (Wildman–Crippen LogP) is 4.38. The van der Waals surface area contributed by atoms with Crippen LogP contribution in [0.2, 0.25) is 10.0 Å². The highest BCUT2D eigenvalue weighted by Crippen LogP contribution is 2.26. The summed E-state index contributed by atoms with van der Waals surface area (Å²) in [6.07, 6.45) is 1.03. The van der Waals surface area contributed by atoms with Crippen LogP contribution in [0.4, 0.5) is 5.69 Å². The summed E-state index contributed by atoms with van der Waals surface area (Å²) in [4.78, 5) is 27.3. The standard InChI is InChI=1S/C22H26BrCl2N3O4S/c1-5-26-22(30)15(3)27(12-16-6-7-17(24)11-20(16)25)21(29)13-28(33(4,31)32)18-8-9-19(23)14(2)10-18/h6-11,15H,5,12-13H2,1-4H3,(H,26,30)/t15-/m0/s1. The van der Waals surface area contributed by atoms with Crippen LogP contribution in [0.25, 0.3) is 0 Å². The molecule has 0 radical (unpaired) electrons. The van der Waals surface area contributed by atoms with E-state index in [2.05, 4.69) is 21.2 Å². The number of aryl methyl sites for hydroxylation is 1. The van der Waals surface area contributed by atoms with Crippen molar-refractivity contribution in [1.82, 2.24) is 10.2 Å². The number of nitrogens with zero attached hydrogens (tertiary/aromatic N) is 2. The third kappa shape index (κ3) is 7.34. The molecule has 0 spiro atoms. The molecule has 2 aromatic carbocycles. The summed E-state index contributed by atoms with van der Waals surface area (Å²) in [5.41, 5.74) is 1.74. The molecule has 2 amide bonds. The van der Waals surface area contributed by atoms with Crippen molar-refractivity contribution in [1.29, 1.82) is 0 Å². The van der Waals surface area contributed by atoms with E-state index in [1.165, 1.54) is 4.90 Å². The van der Waals surface area contributed by atoms with Crippen LogP contribution in [0.3, 0.4) is 0 Å². The summed E-state index contributed by atoms with van der Waals surface area (Å²) in [7, 11) is -3.79. The monoisotopic (exact) mass is 577 g/mol. The number of sulfonamides is 1. The average Bonchev–Trinajstić information content (AvgIpc) is 2.72. The number of benzene rings is 2. The predicted molar refractivity (Wildman–Crippen MR) is 136 cm³/mol. The lowest BCUT2D eigenvalue weighted by Gasteiger charge is -2.31. The minimum atomic E-state index is -3.79. The summed E-state index contributed by atoms with van der Waals surface area (Å²) in [5.74, 6) is -0.910. The van der Waals surface area contributed by atoms with Crippen molar-refractivity contribution >= 4 is 66.7 Å². The Morgan fingerprint density at radius 1 is 1.15 bits per heavy atom. The van der Waals surface area contributed by atoms with E-state index in [-0.39, 0.29) is 12.5 Å². The lowest BCUT2D eigenvalue weighted by Crippen LogP contribution is -2.51. The molecule has 0 unspecified atom stereocenters. The first kappa shape index (κ1) is 27.4. The van der Waals surface area contributed by atoms with Crippen molar-refractivity contribution in [2.75, 3.05) is 23.7 Å². The highest BCUT2D eigenvalue weighted by Gasteiger charge is 2.30. The van der Waals surface area contributed by atoms with E-state index in [1.807, 2.05) is 6.92 Å². The molecule has 0 fully saturated rings. The molecule has 1 atom stereocenters. The normalized spacial score (nSPS) is 12.2. The zero-order valence-corrected chi connectivity index (χ0v) is 22.6. The Morgan fingerprint density at radius 2 is 1.82 bits per heavy atom. The molecule has 0 aliphatic carbocycles. The number of hydrogen-bond acceptors (Lipinski definition) is 4. The fourth-order valence-electron chi connectivity index (χ4n) is 3.14. The summed E-state index contributed by atoms with van der Waals surface area (Å²) in [6, 6.07) is 8.99. The van der Waals surface area contributed by atoms with Gasteiger partial charge < -0.3 is 10.2 Å².